The first-order valence-electron chi connectivity index (χ1n) is 25.9. The Labute approximate surface area is 1630 Å². The number of carbonyl (C=O) groups excluding carboxylic acids is 3. The predicted octanol–water partition coefficient (Wildman–Crippen LogP) is 97.1. The average molecular weight is 14900 g/mol. The van der Waals surface area contributed by atoms with E-state index in [1.807, 2.05) is 5.32 Å². The van der Waals surface area contributed by atoms with Crippen molar-refractivity contribution in [2.45, 2.75) is 23.6 Å². The average Bonchev–Trinajstić information content (AvgIpc) is 0.769. The molecular weight excluding hydrogens is 14900 g/mol. The molecule has 0 aliphatic carbocycles. The summed E-state index contributed by atoms with van der Waals surface area (Å²) in [7, 11) is -37.8. The summed E-state index contributed by atoms with van der Waals surface area (Å²) in [6.07, 6.45) is 0. The molecule has 0 radical (unpaired) electrons. The Kier molecular flexibility index (Phi) is 202. The molecule has 992 valence electrons. The summed E-state index contributed by atoms with van der Waals surface area (Å²) in [5.41, 5.74) is -0.212. The molecule has 13 nitrogen and oxygen atoms in total. The van der Waals surface area contributed by atoms with Gasteiger partial charge in [-0.15, -0.1) is 4.40 Å². The van der Waals surface area contributed by atoms with E-state index in [1.165, 1.54) is 13.0 Å². The third-order valence-corrected chi connectivity index (χ3v) is 8680. The fourth-order valence-electron chi connectivity index (χ4n) is 4.18. The van der Waals surface area contributed by atoms with E-state index in [-0.39, 0.29) is 29.5 Å². The number of rotatable bonds is 58. The molecule has 0 spiro atoms. The Hall–Kier alpha value is 78.5. The number of hydrogen-bond acceptors (Lipinski definition) is 10. The molecule has 2 aromatic carbocycles. The minimum atomic E-state index is -4.25. The molecule has 3 rings (SSSR count). The summed E-state index contributed by atoms with van der Waals surface area (Å²) < 4.78 is 84.2. The third-order valence-electron chi connectivity index (χ3n) is 8.40. The maximum atomic E-state index is 13.0. The standard InChI is InChI=1S/C10H11FN2O5S.C10H9FN2O4S.I57.I56/c1-2-18-10(15)9(14)13-7-4-3-6(11)5-8(7)19(12,16)17;1-2-17-10(14)9-12-7-4-3-6(11)5-8(7)18(15,16)13-9;1-30-32(4)34(6)36(8)38(10)40(12)42(14)44(16)46(18)48(20)50(22)52(24)54(26)56(28)57(29)55(27)53(25)51(23)49(21)47(19)45(17)43(15)41(13)39(11)37(9)35(7)33(5)31(2)3;1-30(2)32(5)34(7)36(9)38(11)40(13)42(15)44(17)46(19)48(21)50(23)52(25)54(27)56(29)55(28)53(26)51(24)49(22)47(20)45(18)43(16)41(14)39(12)37(10)35(8)33(6)31(3)4/h3-5H,2H2,1H3,(H,13,14)(H2,12,16,17);3-5H,2H2,1H3,(H,12,13);;/q;;-1;. The molecule has 150 heavy (non-hydrogen) atoms. The number of amidine groups is 1. The van der Waals surface area contributed by atoms with Crippen molar-refractivity contribution in [3.8, 4) is 0 Å². The van der Waals surface area contributed by atoms with Gasteiger partial charge in [0.15, 0.2) is 0 Å². The number of anilines is 2. The first-order valence-corrected chi connectivity index (χ1v) is 727. The number of sulfonamides is 2. The number of halogens is 115. The second-order valence-corrected chi connectivity index (χ2v) is 2670. The number of ether oxygens (including phenoxy) is 2. The molecule has 4 N–H and O–H groups in total. The van der Waals surface area contributed by atoms with Crippen molar-refractivity contribution in [1.29, 1.82) is 0 Å². The summed E-state index contributed by atoms with van der Waals surface area (Å²) in [6, 6.07) is 5.66. The molecule has 1 aliphatic heterocycles. The molecule has 1 amide bonds. The third kappa shape index (κ3) is 92.2. The number of nitrogens with two attached hydrogens (primary N) is 1. The summed E-state index contributed by atoms with van der Waals surface area (Å²) in [6.45, 7) is 3.16. The number of esters is 2. The summed E-state index contributed by atoms with van der Waals surface area (Å²) in [5.74, 6) is -5.23. The SMILES string of the molecule is CCOC(=O)C(=O)Nc1ccc(F)cc1S(N)(=O)=O.CCOC(=O)C1=NS(=O)(=O)c2cc(F)ccc2N1.II(I)I(I)I(I)I(I)I(I)I(I)I(I)I(I)I(I)I(I)I(I)I(I)I(I)I(I)I(I)I(I)I(I)I(I)I(I)I(I)I(I)I(I)I(I)I(I)I(I)I(I)I(I)I.I[I-]I(I)I(I)I(I)I(I)I(I)I(I)I(I)I(I)I(I)I(I)I(I)I(I)I(I)I(I)I(I)I(I)I(I)I(I)I(I)I(I)I(I)I(I)I(I)I(I)I(I)I(I)I(I)I. The molecule has 0 bridgehead atoms. The summed E-state index contributed by atoms with van der Waals surface area (Å²) in [5, 5.41) is 9.36. The Morgan fingerprint density at radius 2 is 0.500 bits per heavy atom. The molecule has 1 aliphatic rings. The van der Waals surface area contributed by atoms with E-state index >= 15 is 0 Å². The topological polar surface area (TPSA) is 200 Å². The van der Waals surface area contributed by atoms with Gasteiger partial charge in [0, 0.05) is 0 Å². The molecular formula is C20H20F2I113N4O9S2-. The predicted molar refractivity (Wildman–Crippen MR) is 1690 cm³/mol. The first-order chi connectivity index (χ1) is 68.5. The monoisotopic (exact) mass is 14900 g/mol. The zero-order chi connectivity index (χ0) is 118. The molecule has 0 atom stereocenters. The number of nitrogens with one attached hydrogen (secondary N) is 2. The van der Waals surface area contributed by atoms with E-state index in [0.717, 1.165) is 24.3 Å². The number of amides is 1. The van der Waals surface area contributed by atoms with Crippen molar-refractivity contribution in [3.05, 3.63) is 48.0 Å². The van der Waals surface area contributed by atoms with Gasteiger partial charge < -0.3 is 20.1 Å². The van der Waals surface area contributed by atoms with Gasteiger partial charge in [-0.2, -0.15) is 8.42 Å². The van der Waals surface area contributed by atoms with Crippen LogP contribution in [0.5, 0.6) is 0 Å². The first kappa shape index (κ1) is 229. The molecule has 1 heterocycles. The van der Waals surface area contributed by atoms with Gasteiger partial charge >= 0.3 is 1540 Å². The van der Waals surface area contributed by atoms with Crippen LogP contribution in [0.4, 0.5) is 20.2 Å². The molecule has 0 saturated heterocycles. The van der Waals surface area contributed by atoms with Crippen LogP contribution >= 0.6 is 1510 Å². The van der Waals surface area contributed by atoms with Gasteiger partial charge in [-0.3, -0.25) is 4.79 Å². The van der Waals surface area contributed by atoms with Crippen LogP contribution in [-0.2, 0) is 43.9 Å². The molecule has 2 aromatic rings. The number of benzene rings is 2. The minimum absolute atomic E-state index is 0.0162. The summed E-state index contributed by atoms with van der Waals surface area (Å²) >= 11 is 192. The number of carbonyl (C=O) groups is 3. The van der Waals surface area contributed by atoms with Crippen LogP contribution in [-0.4, -0.2) is 53.7 Å². The van der Waals surface area contributed by atoms with Crippen LogP contribution in [0.1, 0.15) is 13.8 Å². The number of hydrogen-bond donors (Lipinski definition) is 3. The van der Waals surface area contributed by atoms with Crippen LogP contribution in [0.3, 0.4) is 0 Å². The van der Waals surface area contributed by atoms with Crippen molar-refractivity contribution in [2.24, 2.45) is 9.54 Å². The molecule has 130 heteroatoms. The van der Waals surface area contributed by atoms with Gasteiger partial charge in [0.25, 0.3) is 10.0 Å². The fourth-order valence-corrected chi connectivity index (χ4v) is 21200. The molecule has 0 fully saturated rings. The van der Waals surface area contributed by atoms with Gasteiger partial charge in [-0.05, 0) is 50.2 Å². The second kappa shape index (κ2) is 133. The Balaban J connectivity index is 0.00000220. The van der Waals surface area contributed by atoms with E-state index in [1.54, 1.807) is 6.92 Å². The van der Waals surface area contributed by atoms with E-state index in [4.69, 9.17) is 5.14 Å². The van der Waals surface area contributed by atoms with Gasteiger partial charge in [-0.1, -0.05) is 0 Å². The number of primary sulfonamides is 1. The van der Waals surface area contributed by atoms with E-state index in [9.17, 15) is 40.0 Å². The van der Waals surface area contributed by atoms with Crippen molar-refractivity contribution < 1.29 is 62.7 Å². The second-order valence-electron chi connectivity index (χ2n) is 15.6. The van der Waals surface area contributed by atoms with Gasteiger partial charge in [0.05, 0.1) is 24.6 Å². The molecule has 0 saturated carbocycles. The quantitative estimate of drug-likeness (QED) is 0.0325. The summed E-state index contributed by atoms with van der Waals surface area (Å²) in [4.78, 5) is 32.9. The van der Waals surface area contributed by atoms with E-state index in [2.05, 4.69) is 1100 Å². The van der Waals surface area contributed by atoms with Gasteiger partial charge in [0.2, 0.25) is 15.9 Å². The Morgan fingerprint density at radius 1 is 0.313 bits per heavy atom. The van der Waals surface area contributed by atoms with Gasteiger partial charge in [-0.25, -0.2) is 31.9 Å². The molecule has 0 aromatic heterocycles. The fraction of sp³-hybridized carbons (Fsp3) is 0.200. The van der Waals surface area contributed by atoms with Crippen LogP contribution in [0.25, 0.3) is 0 Å². The van der Waals surface area contributed by atoms with Crippen molar-refractivity contribution in [1.82, 2.24) is 0 Å². The zero-order valence-electron chi connectivity index (χ0n) is 61.9. The van der Waals surface area contributed by atoms with E-state index < -0.39 is 487 Å². The molecule has 0 unspecified atom stereocenters. The number of nitrogens with zero attached hydrogens (tertiary/aromatic N) is 1. The van der Waals surface area contributed by atoms with Crippen LogP contribution in [0.15, 0.2) is 50.6 Å². The van der Waals surface area contributed by atoms with E-state index in [0.29, 0.717) is 19.3 Å². The normalized spacial score (nSPS) is 17.6. The maximum absolute atomic E-state index is 13.0. The van der Waals surface area contributed by atoms with Crippen LogP contribution in [0.2, 0.25) is 0 Å². The Bertz CT molecular complexity index is 4440. The Morgan fingerprint density at radius 3 is 0.687 bits per heavy atom. The van der Waals surface area contributed by atoms with Crippen molar-refractivity contribution in [2.75, 3.05) is 23.8 Å². The van der Waals surface area contributed by atoms with Gasteiger partial charge in [0.1, 0.15) is 21.4 Å². The number of fused-ring (bicyclic) bond motifs is 1. The zero-order valence-corrected chi connectivity index (χ0v) is 307. The van der Waals surface area contributed by atoms with Crippen molar-refractivity contribution >= 4 is 1560 Å². The van der Waals surface area contributed by atoms with Crippen LogP contribution < -0.4 is 29.0 Å². The van der Waals surface area contributed by atoms with Crippen LogP contribution in [0, 0.1) is 11.6 Å². The van der Waals surface area contributed by atoms with Crippen molar-refractivity contribution in [3.63, 3.8) is 0 Å².